The van der Waals surface area contributed by atoms with Crippen molar-refractivity contribution in [3.05, 3.63) is 82.3 Å². The third-order valence-electron chi connectivity index (χ3n) is 8.56. The molecule has 46 heavy (non-hydrogen) atoms. The number of phenols is 1. The maximum absolute atomic E-state index is 16.8. The molecular formula is C32H30F3N5O5S. The molecule has 2 atom stereocenters. The number of rotatable bonds is 4. The zero-order valence-corrected chi connectivity index (χ0v) is 26.2. The van der Waals surface area contributed by atoms with Gasteiger partial charge >= 0.3 is 5.69 Å². The number of carbonyl (C=O) groups excluding carboxylic acids is 1. The number of aromatic hydroxyl groups is 1. The van der Waals surface area contributed by atoms with Crippen molar-refractivity contribution in [1.29, 1.82) is 0 Å². The number of carbonyl (C=O) groups is 1. The smallest absolute Gasteiger partial charge is 0.354 e. The molecule has 6 rings (SSSR count). The van der Waals surface area contributed by atoms with Gasteiger partial charge in [-0.3, -0.25) is 14.3 Å². The summed E-state index contributed by atoms with van der Waals surface area (Å²) in [4.78, 5) is 37.7. The number of anilines is 1. The molecule has 10 nitrogen and oxygen atoms in total. The van der Waals surface area contributed by atoms with E-state index in [4.69, 9.17) is 0 Å². The largest absolute Gasteiger partial charge is 0.507 e. The summed E-state index contributed by atoms with van der Waals surface area (Å²) >= 11 is 0. The predicted molar refractivity (Wildman–Crippen MR) is 165 cm³/mol. The normalized spacial score (nSPS) is 18.9. The Labute approximate surface area is 262 Å². The number of aryl methyl sites for hydroxylation is 1. The Morgan fingerprint density at radius 3 is 2.54 bits per heavy atom. The van der Waals surface area contributed by atoms with Crippen LogP contribution >= 0.6 is 0 Å². The fourth-order valence-corrected chi connectivity index (χ4v) is 8.44. The fourth-order valence-electron chi connectivity index (χ4n) is 6.62. The van der Waals surface area contributed by atoms with Gasteiger partial charge in [0, 0.05) is 30.9 Å². The number of sulfone groups is 1. The van der Waals surface area contributed by atoms with Crippen LogP contribution in [0, 0.1) is 24.4 Å². The minimum absolute atomic E-state index is 0.0956. The number of benzene rings is 2. The number of pyridine rings is 1. The van der Waals surface area contributed by atoms with Crippen LogP contribution in [0.15, 0.2) is 52.8 Å². The molecule has 1 saturated heterocycles. The molecule has 1 amide bonds. The maximum Gasteiger partial charge on any atom is 0.354 e. The van der Waals surface area contributed by atoms with Gasteiger partial charge in [0.15, 0.2) is 27.3 Å². The zero-order valence-electron chi connectivity index (χ0n) is 25.4. The Balaban J connectivity index is 1.82. The van der Waals surface area contributed by atoms with E-state index in [1.54, 1.807) is 31.0 Å². The average Bonchev–Trinajstić information content (AvgIpc) is 3.08. The van der Waals surface area contributed by atoms with Crippen molar-refractivity contribution >= 4 is 32.5 Å². The van der Waals surface area contributed by atoms with Crippen LogP contribution < -0.4 is 10.6 Å². The number of fused-ring (bicyclic) bond motifs is 2. The van der Waals surface area contributed by atoms with Gasteiger partial charge in [0.05, 0.1) is 39.6 Å². The molecule has 1 fully saturated rings. The third kappa shape index (κ3) is 4.65. The van der Waals surface area contributed by atoms with Crippen molar-refractivity contribution in [2.75, 3.05) is 23.7 Å². The quantitative estimate of drug-likeness (QED) is 0.322. The Kier molecular flexibility index (Phi) is 7.45. The van der Waals surface area contributed by atoms with E-state index >= 15 is 8.78 Å². The molecule has 2 aliphatic heterocycles. The summed E-state index contributed by atoms with van der Waals surface area (Å²) in [5, 5.41) is 10.4. The van der Waals surface area contributed by atoms with Gasteiger partial charge in [-0.25, -0.2) is 26.4 Å². The summed E-state index contributed by atoms with van der Waals surface area (Å²) < 4.78 is 76.3. The van der Waals surface area contributed by atoms with E-state index in [9.17, 15) is 27.5 Å². The molecule has 2 aromatic heterocycles. The minimum atomic E-state index is -4.63. The SMILES string of the molecule is C=CC(=O)N1CC(C)N2c3nc(=O)n(-c4c(C)ccnc4C(C)C)c4cc(-c5c(O)ccc(F)c5F)c(F)c(c34)S(=O)(=O)CC2C1. The summed E-state index contributed by atoms with van der Waals surface area (Å²) in [5.41, 5.74) is -1.42. The van der Waals surface area contributed by atoms with E-state index in [0.29, 0.717) is 17.3 Å². The number of phenolic OH excluding ortho intramolecular Hbond substituents is 1. The molecule has 4 heterocycles. The molecule has 1 N–H and O–H groups in total. The number of nitrogens with zero attached hydrogens (tertiary/aromatic N) is 5. The lowest BCUT2D eigenvalue weighted by atomic mass is 9.99. The van der Waals surface area contributed by atoms with E-state index in [1.807, 2.05) is 13.8 Å². The summed E-state index contributed by atoms with van der Waals surface area (Å²) in [6.07, 6.45) is 2.66. The highest BCUT2D eigenvalue weighted by Crippen LogP contribution is 2.45. The molecule has 0 saturated carbocycles. The Morgan fingerprint density at radius 1 is 1.15 bits per heavy atom. The highest BCUT2D eigenvalue weighted by Gasteiger charge is 2.44. The standard InChI is InChI=1S/C32H30F3N5O5S/c1-6-23(42)38-12-17(5)39-18(13-38)14-46(44,45)30-25-21(11-19(26(30)34)24-22(41)8-7-20(33)27(24)35)40(32(43)37-31(25)39)29-16(4)9-10-36-28(29)15(2)3/h6-11,15,17-18,41H,1,12-14H2,2-5H3. The Morgan fingerprint density at radius 2 is 1.87 bits per heavy atom. The minimum Gasteiger partial charge on any atom is -0.507 e. The van der Waals surface area contributed by atoms with Crippen LogP contribution in [0.1, 0.15) is 37.9 Å². The molecule has 4 aromatic rings. The van der Waals surface area contributed by atoms with E-state index < -0.39 is 78.5 Å². The average molecular weight is 654 g/mol. The van der Waals surface area contributed by atoms with Gasteiger partial charge in [0.2, 0.25) is 5.91 Å². The second kappa shape index (κ2) is 11.0. The summed E-state index contributed by atoms with van der Waals surface area (Å²) in [7, 11) is -4.63. The molecule has 0 bridgehead atoms. The number of aromatic nitrogens is 3. The lowest BCUT2D eigenvalue weighted by molar-refractivity contribution is -0.127. The van der Waals surface area contributed by atoms with Gasteiger partial charge in [-0.15, -0.1) is 0 Å². The van der Waals surface area contributed by atoms with E-state index in [1.165, 1.54) is 4.90 Å². The highest BCUT2D eigenvalue weighted by molar-refractivity contribution is 7.91. The molecular weight excluding hydrogens is 623 g/mol. The highest BCUT2D eigenvalue weighted by atomic mass is 32.2. The van der Waals surface area contributed by atoms with E-state index in [0.717, 1.165) is 22.8 Å². The van der Waals surface area contributed by atoms with Crippen LogP contribution in [0.5, 0.6) is 5.75 Å². The van der Waals surface area contributed by atoms with Gasteiger partial charge in [-0.1, -0.05) is 20.4 Å². The zero-order chi connectivity index (χ0) is 33.4. The van der Waals surface area contributed by atoms with Crippen LogP contribution in [-0.4, -0.2) is 69.8 Å². The predicted octanol–water partition coefficient (Wildman–Crippen LogP) is 4.38. The number of piperazine rings is 1. The van der Waals surface area contributed by atoms with Crippen LogP contribution in [0.3, 0.4) is 0 Å². The van der Waals surface area contributed by atoms with Crippen molar-refractivity contribution in [3.63, 3.8) is 0 Å². The van der Waals surface area contributed by atoms with Crippen molar-refractivity contribution in [1.82, 2.24) is 19.4 Å². The van der Waals surface area contributed by atoms with E-state index in [2.05, 4.69) is 16.5 Å². The van der Waals surface area contributed by atoms with E-state index in [-0.39, 0.29) is 41.4 Å². The molecule has 2 aliphatic rings. The summed E-state index contributed by atoms with van der Waals surface area (Å²) in [6, 6.07) is 2.62. The first-order chi connectivity index (χ1) is 21.7. The fraction of sp³-hybridized carbons (Fsp3) is 0.312. The lowest BCUT2D eigenvalue weighted by Crippen LogP contribution is -2.61. The first-order valence-corrected chi connectivity index (χ1v) is 16.2. The maximum atomic E-state index is 16.8. The third-order valence-corrected chi connectivity index (χ3v) is 10.4. The van der Waals surface area contributed by atoms with Gasteiger partial charge in [-0.05, 0) is 55.7 Å². The van der Waals surface area contributed by atoms with Gasteiger partial charge in [-0.2, -0.15) is 4.98 Å². The number of halogens is 3. The van der Waals surface area contributed by atoms with Gasteiger partial charge in [0.25, 0.3) is 0 Å². The monoisotopic (exact) mass is 653 g/mol. The molecule has 2 unspecified atom stereocenters. The molecule has 0 radical (unpaired) electrons. The van der Waals surface area contributed by atoms with Crippen LogP contribution in [-0.2, 0) is 14.6 Å². The number of hydrogen-bond acceptors (Lipinski definition) is 8. The second-order valence-electron chi connectivity index (χ2n) is 11.9. The Bertz CT molecular complexity index is 2150. The summed E-state index contributed by atoms with van der Waals surface area (Å²) in [5.74, 6) is -6.79. The van der Waals surface area contributed by atoms with Crippen molar-refractivity contribution in [2.24, 2.45) is 0 Å². The molecule has 2 aromatic carbocycles. The van der Waals surface area contributed by atoms with Crippen LogP contribution in [0.2, 0.25) is 0 Å². The van der Waals surface area contributed by atoms with Crippen molar-refractivity contribution in [2.45, 2.75) is 50.6 Å². The number of amides is 1. The van der Waals surface area contributed by atoms with Crippen molar-refractivity contribution < 1.29 is 31.5 Å². The van der Waals surface area contributed by atoms with Crippen molar-refractivity contribution in [3.8, 4) is 22.6 Å². The Hall–Kier alpha value is -4.72. The second-order valence-corrected chi connectivity index (χ2v) is 13.9. The first-order valence-electron chi connectivity index (χ1n) is 14.5. The topological polar surface area (TPSA) is 126 Å². The van der Waals surface area contributed by atoms with Crippen LogP contribution in [0.4, 0.5) is 19.0 Å². The number of hydrogen-bond donors (Lipinski definition) is 1. The summed E-state index contributed by atoms with van der Waals surface area (Å²) in [6.45, 7) is 10.7. The van der Waals surface area contributed by atoms with Gasteiger partial charge < -0.3 is 14.9 Å². The van der Waals surface area contributed by atoms with Gasteiger partial charge in [0.1, 0.15) is 16.5 Å². The lowest BCUT2D eigenvalue weighted by Gasteiger charge is -2.45. The molecule has 240 valence electrons. The van der Waals surface area contributed by atoms with Crippen LogP contribution in [0.25, 0.3) is 27.7 Å². The molecule has 0 aliphatic carbocycles. The molecule has 14 heteroatoms. The first kappa shape index (κ1) is 31.3. The molecule has 0 spiro atoms.